The Balaban J connectivity index is 2.61. The van der Waals surface area contributed by atoms with Crippen LogP contribution in [0.15, 0.2) is 24.3 Å². The fourth-order valence-electron chi connectivity index (χ4n) is 1.51. The normalized spacial score (nSPS) is 11.3. The lowest BCUT2D eigenvalue weighted by Crippen LogP contribution is -2.31. The molecule has 0 aliphatic rings. The third-order valence-electron chi connectivity index (χ3n) is 2.37. The summed E-state index contributed by atoms with van der Waals surface area (Å²) in [5.74, 6) is -3.88. The SMILES string of the molecule is O=C(O)c1nnc2ccccc2c1NC(=O)C(F)(F)F. The maximum absolute atomic E-state index is 12.3. The highest BCUT2D eigenvalue weighted by molar-refractivity contribution is 6.09. The van der Waals surface area contributed by atoms with E-state index in [4.69, 9.17) is 5.11 Å². The minimum absolute atomic E-state index is 0.0532. The molecule has 0 bridgehead atoms. The topological polar surface area (TPSA) is 92.2 Å². The molecule has 0 radical (unpaired) electrons. The van der Waals surface area contributed by atoms with Gasteiger partial charge in [-0.1, -0.05) is 18.2 Å². The molecular formula is C11H6F3N3O3. The van der Waals surface area contributed by atoms with E-state index in [9.17, 15) is 22.8 Å². The third kappa shape index (κ3) is 2.51. The van der Waals surface area contributed by atoms with Gasteiger partial charge in [0, 0.05) is 5.39 Å². The van der Waals surface area contributed by atoms with Crippen molar-refractivity contribution in [2.45, 2.75) is 6.18 Å². The van der Waals surface area contributed by atoms with Crippen LogP contribution in [0.3, 0.4) is 0 Å². The van der Waals surface area contributed by atoms with E-state index in [0.717, 1.165) is 0 Å². The van der Waals surface area contributed by atoms with Crippen LogP contribution in [0.5, 0.6) is 0 Å². The van der Waals surface area contributed by atoms with Crippen LogP contribution in [-0.2, 0) is 4.79 Å². The van der Waals surface area contributed by atoms with Gasteiger partial charge in [-0.25, -0.2) is 4.79 Å². The zero-order chi connectivity index (χ0) is 14.9. The minimum Gasteiger partial charge on any atom is -0.476 e. The van der Waals surface area contributed by atoms with Gasteiger partial charge >= 0.3 is 18.1 Å². The van der Waals surface area contributed by atoms with Gasteiger partial charge < -0.3 is 10.4 Å². The fraction of sp³-hybridized carbons (Fsp3) is 0.0909. The maximum atomic E-state index is 12.3. The average molecular weight is 285 g/mol. The Bertz CT molecular complexity index is 700. The molecule has 0 aliphatic carbocycles. The lowest BCUT2D eigenvalue weighted by atomic mass is 10.1. The van der Waals surface area contributed by atoms with Crippen molar-refractivity contribution in [2.75, 3.05) is 5.32 Å². The summed E-state index contributed by atoms with van der Waals surface area (Å²) < 4.78 is 36.8. The van der Waals surface area contributed by atoms with Crippen LogP contribution in [-0.4, -0.2) is 33.4 Å². The average Bonchev–Trinajstić information content (AvgIpc) is 2.37. The molecule has 1 aromatic heterocycles. The smallest absolute Gasteiger partial charge is 0.471 e. The number of carbonyl (C=O) groups is 2. The Kier molecular flexibility index (Phi) is 3.26. The molecule has 2 aromatic rings. The Morgan fingerprint density at radius 2 is 1.80 bits per heavy atom. The number of nitrogens with zero attached hydrogens (tertiary/aromatic N) is 2. The summed E-state index contributed by atoms with van der Waals surface area (Å²) in [7, 11) is 0. The molecule has 0 unspecified atom stereocenters. The summed E-state index contributed by atoms with van der Waals surface area (Å²) >= 11 is 0. The first-order valence-corrected chi connectivity index (χ1v) is 5.17. The molecule has 1 heterocycles. The predicted molar refractivity (Wildman–Crippen MR) is 61.2 cm³/mol. The Morgan fingerprint density at radius 1 is 1.15 bits per heavy atom. The summed E-state index contributed by atoms with van der Waals surface area (Å²) in [5.41, 5.74) is -1.14. The Hall–Kier alpha value is -2.71. The van der Waals surface area contributed by atoms with E-state index in [2.05, 4.69) is 10.2 Å². The Labute approximate surface area is 109 Å². The first kappa shape index (κ1) is 13.7. The molecule has 20 heavy (non-hydrogen) atoms. The summed E-state index contributed by atoms with van der Waals surface area (Å²) in [6.45, 7) is 0. The molecule has 1 aromatic carbocycles. The molecule has 0 saturated carbocycles. The second-order valence-corrected chi connectivity index (χ2v) is 3.70. The molecule has 6 nitrogen and oxygen atoms in total. The molecule has 2 N–H and O–H groups in total. The highest BCUT2D eigenvalue weighted by atomic mass is 19.4. The van der Waals surface area contributed by atoms with E-state index in [1.54, 1.807) is 6.07 Å². The van der Waals surface area contributed by atoms with E-state index in [1.165, 1.54) is 23.5 Å². The van der Waals surface area contributed by atoms with Gasteiger partial charge in [0.15, 0.2) is 5.69 Å². The van der Waals surface area contributed by atoms with Crippen LogP contribution in [0.2, 0.25) is 0 Å². The largest absolute Gasteiger partial charge is 0.476 e. The Morgan fingerprint density at radius 3 is 2.40 bits per heavy atom. The van der Waals surface area contributed by atoms with E-state index in [1.807, 2.05) is 0 Å². The maximum Gasteiger partial charge on any atom is 0.471 e. The highest BCUT2D eigenvalue weighted by Crippen LogP contribution is 2.26. The third-order valence-corrected chi connectivity index (χ3v) is 2.37. The monoisotopic (exact) mass is 285 g/mol. The first-order valence-electron chi connectivity index (χ1n) is 5.17. The number of rotatable bonds is 2. The van der Waals surface area contributed by atoms with Crippen molar-refractivity contribution in [1.82, 2.24) is 10.2 Å². The number of hydrogen-bond donors (Lipinski definition) is 2. The van der Waals surface area contributed by atoms with Gasteiger partial charge in [-0.05, 0) is 6.07 Å². The number of aromatic carboxylic acids is 1. The molecule has 0 spiro atoms. The zero-order valence-electron chi connectivity index (χ0n) is 9.60. The molecule has 2 rings (SSSR count). The van der Waals surface area contributed by atoms with E-state index >= 15 is 0 Å². The molecular weight excluding hydrogens is 279 g/mol. The van der Waals surface area contributed by atoms with Gasteiger partial charge in [0.25, 0.3) is 0 Å². The van der Waals surface area contributed by atoms with Gasteiger partial charge in [-0.3, -0.25) is 4.79 Å². The van der Waals surface area contributed by atoms with Crippen molar-refractivity contribution in [3.05, 3.63) is 30.0 Å². The van der Waals surface area contributed by atoms with Gasteiger partial charge in [-0.2, -0.15) is 13.2 Å². The zero-order valence-corrected chi connectivity index (χ0v) is 9.60. The fourth-order valence-corrected chi connectivity index (χ4v) is 1.51. The van der Waals surface area contributed by atoms with Crippen LogP contribution in [0.4, 0.5) is 18.9 Å². The number of carbonyl (C=O) groups excluding carboxylic acids is 1. The van der Waals surface area contributed by atoms with E-state index in [-0.39, 0.29) is 10.9 Å². The molecule has 104 valence electrons. The number of anilines is 1. The second-order valence-electron chi connectivity index (χ2n) is 3.70. The van der Waals surface area contributed by atoms with Crippen molar-refractivity contribution < 1.29 is 27.9 Å². The molecule has 0 fully saturated rings. The van der Waals surface area contributed by atoms with Crippen molar-refractivity contribution in [1.29, 1.82) is 0 Å². The van der Waals surface area contributed by atoms with Crippen LogP contribution in [0.25, 0.3) is 10.9 Å². The van der Waals surface area contributed by atoms with E-state index < -0.39 is 29.4 Å². The predicted octanol–water partition coefficient (Wildman–Crippen LogP) is 1.83. The lowest BCUT2D eigenvalue weighted by molar-refractivity contribution is -0.167. The van der Waals surface area contributed by atoms with Gasteiger partial charge in [-0.15, -0.1) is 10.2 Å². The number of alkyl halides is 3. The van der Waals surface area contributed by atoms with Crippen LogP contribution < -0.4 is 5.32 Å². The lowest BCUT2D eigenvalue weighted by Gasteiger charge is -2.11. The summed E-state index contributed by atoms with van der Waals surface area (Å²) in [6.07, 6.45) is -5.14. The quantitative estimate of drug-likeness (QED) is 0.878. The van der Waals surface area contributed by atoms with Gasteiger partial charge in [0.1, 0.15) is 0 Å². The van der Waals surface area contributed by atoms with E-state index in [0.29, 0.717) is 0 Å². The summed E-state index contributed by atoms with van der Waals surface area (Å²) in [5, 5.41) is 17.4. The number of carboxylic acids is 1. The first-order chi connectivity index (χ1) is 9.30. The number of amides is 1. The number of nitrogens with one attached hydrogen (secondary N) is 1. The summed E-state index contributed by atoms with van der Waals surface area (Å²) in [6, 6.07) is 5.78. The molecule has 0 atom stereocenters. The van der Waals surface area contributed by atoms with Crippen molar-refractivity contribution >= 4 is 28.5 Å². The number of fused-ring (bicyclic) bond motifs is 1. The van der Waals surface area contributed by atoms with Crippen molar-refractivity contribution in [3.63, 3.8) is 0 Å². The molecule has 9 heteroatoms. The van der Waals surface area contributed by atoms with Gasteiger partial charge in [0.2, 0.25) is 0 Å². The number of benzene rings is 1. The van der Waals surface area contributed by atoms with Crippen LogP contribution in [0.1, 0.15) is 10.5 Å². The van der Waals surface area contributed by atoms with Gasteiger partial charge in [0.05, 0.1) is 11.2 Å². The van der Waals surface area contributed by atoms with Crippen molar-refractivity contribution in [3.8, 4) is 0 Å². The highest BCUT2D eigenvalue weighted by Gasteiger charge is 2.39. The molecule has 0 aliphatic heterocycles. The number of carboxylic acid groups (broad SMARTS) is 1. The molecule has 0 saturated heterocycles. The molecule has 1 amide bonds. The summed E-state index contributed by atoms with van der Waals surface area (Å²) in [4.78, 5) is 21.9. The minimum atomic E-state index is -5.14. The number of hydrogen-bond acceptors (Lipinski definition) is 4. The standard InChI is InChI=1S/C11H6F3N3O3/c12-11(13,14)10(20)15-7-5-3-1-2-4-6(5)16-17-8(7)9(18)19/h1-4H,(H,18,19)(H,15,16,20). The number of halogens is 3. The van der Waals surface area contributed by atoms with Crippen LogP contribution >= 0.6 is 0 Å². The second kappa shape index (κ2) is 4.76. The van der Waals surface area contributed by atoms with Crippen molar-refractivity contribution in [2.24, 2.45) is 0 Å². The van der Waals surface area contributed by atoms with Crippen LogP contribution in [0, 0.1) is 0 Å². The number of aromatic nitrogens is 2.